The van der Waals surface area contributed by atoms with Crippen molar-refractivity contribution in [1.82, 2.24) is 14.8 Å². The van der Waals surface area contributed by atoms with Gasteiger partial charge in [-0.25, -0.2) is 0 Å². The Hall–Kier alpha value is -1.66. The normalized spacial score (nSPS) is 21.0. The SMILES string of the molecule is CC1CN(C)CCCN1C(=O)c1cc(NN)ccn1. The highest BCUT2D eigenvalue weighted by Gasteiger charge is 2.25. The quantitative estimate of drug-likeness (QED) is 0.601. The fraction of sp³-hybridized carbons (Fsp3) is 0.538. The number of hydrogen-bond acceptors (Lipinski definition) is 5. The zero-order chi connectivity index (χ0) is 13.8. The molecule has 0 bridgehead atoms. The highest BCUT2D eigenvalue weighted by atomic mass is 16.2. The van der Waals surface area contributed by atoms with Crippen LogP contribution in [-0.2, 0) is 0 Å². The van der Waals surface area contributed by atoms with Crippen LogP contribution >= 0.6 is 0 Å². The molecule has 1 aromatic heterocycles. The second-order valence-electron chi connectivity index (χ2n) is 5.04. The number of hydrazine groups is 1. The van der Waals surface area contributed by atoms with Crippen LogP contribution < -0.4 is 11.3 Å². The molecular formula is C13H21N5O. The van der Waals surface area contributed by atoms with Gasteiger partial charge in [0.1, 0.15) is 5.69 Å². The van der Waals surface area contributed by atoms with Crippen molar-refractivity contribution in [2.24, 2.45) is 5.84 Å². The molecule has 1 saturated heterocycles. The van der Waals surface area contributed by atoms with Crippen molar-refractivity contribution in [1.29, 1.82) is 0 Å². The molecule has 19 heavy (non-hydrogen) atoms. The summed E-state index contributed by atoms with van der Waals surface area (Å²) in [4.78, 5) is 20.8. The van der Waals surface area contributed by atoms with E-state index in [1.807, 2.05) is 4.90 Å². The van der Waals surface area contributed by atoms with Crippen molar-refractivity contribution < 1.29 is 4.79 Å². The summed E-state index contributed by atoms with van der Waals surface area (Å²) in [6.07, 6.45) is 2.58. The second-order valence-corrected chi connectivity index (χ2v) is 5.04. The van der Waals surface area contributed by atoms with Gasteiger partial charge in [0.2, 0.25) is 0 Å². The monoisotopic (exact) mass is 263 g/mol. The number of nitrogens with two attached hydrogens (primary N) is 1. The van der Waals surface area contributed by atoms with E-state index in [4.69, 9.17) is 5.84 Å². The first-order chi connectivity index (χ1) is 9.11. The molecule has 2 rings (SSSR count). The maximum atomic E-state index is 12.5. The van der Waals surface area contributed by atoms with E-state index in [-0.39, 0.29) is 11.9 Å². The number of hydrogen-bond donors (Lipinski definition) is 2. The Kier molecular flexibility index (Phi) is 4.34. The van der Waals surface area contributed by atoms with Crippen molar-refractivity contribution in [3.05, 3.63) is 24.0 Å². The summed E-state index contributed by atoms with van der Waals surface area (Å²) < 4.78 is 0. The minimum atomic E-state index is -0.0279. The van der Waals surface area contributed by atoms with Gasteiger partial charge >= 0.3 is 0 Å². The minimum Gasteiger partial charge on any atom is -0.333 e. The van der Waals surface area contributed by atoms with E-state index in [1.165, 1.54) is 0 Å². The minimum absolute atomic E-state index is 0.0279. The molecule has 6 nitrogen and oxygen atoms in total. The average Bonchev–Trinajstić information content (AvgIpc) is 2.58. The van der Waals surface area contributed by atoms with E-state index in [1.54, 1.807) is 18.3 Å². The molecule has 0 spiro atoms. The molecule has 0 aromatic carbocycles. The van der Waals surface area contributed by atoms with E-state index in [0.717, 1.165) is 26.1 Å². The number of pyridine rings is 1. The van der Waals surface area contributed by atoms with Crippen molar-refractivity contribution in [2.45, 2.75) is 19.4 Å². The third-order valence-electron chi connectivity index (χ3n) is 3.45. The molecule has 0 aliphatic carbocycles. The zero-order valence-corrected chi connectivity index (χ0v) is 11.5. The second kappa shape index (κ2) is 5.99. The predicted molar refractivity (Wildman–Crippen MR) is 74.7 cm³/mol. The Bertz CT molecular complexity index is 450. The maximum absolute atomic E-state index is 12.5. The first kappa shape index (κ1) is 13.8. The van der Waals surface area contributed by atoms with Gasteiger partial charge in [-0.05, 0) is 39.1 Å². The summed E-state index contributed by atoms with van der Waals surface area (Å²) >= 11 is 0. The van der Waals surface area contributed by atoms with Crippen molar-refractivity contribution >= 4 is 11.6 Å². The van der Waals surface area contributed by atoms with E-state index >= 15 is 0 Å². The number of rotatable bonds is 2. The van der Waals surface area contributed by atoms with E-state index in [0.29, 0.717) is 11.4 Å². The molecule has 1 unspecified atom stereocenters. The van der Waals surface area contributed by atoms with Crippen molar-refractivity contribution in [3.63, 3.8) is 0 Å². The first-order valence-electron chi connectivity index (χ1n) is 6.54. The molecule has 1 atom stereocenters. The molecule has 3 N–H and O–H groups in total. The third-order valence-corrected chi connectivity index (χ3v) is 3.45. The number of nitrogens with one attached hydrogen (secondary N) is 1. The average molecular weight is 263 g/mol. The molecule has 0 saturated carbocycles. The van der Waals surface area contributed by atoms with Gasteiger partial charge in [0.05, 0.1) is 5.69 Å². The number of nitrogen functional groups attached to an aromatic ring is 1. The Balaban J connectivity index is 2.17. The molecule has 1 fully saturated rings. The lowest BCUT2D eigenvalue weighted by Gasteiger charge is -2.27. The highest BCUT2D eigenvalue weighted by molar-refractivity contribution is 5.93. The largest absolute Gasteiger partial charge is 0.333 e. The number of nitrogens with zero attached hydrogens (tertiary/aromatic N) is 3. The zero-order valence-electron chi connectivity index (χ0n) is 11.5. The van der Waals surface area contributed by atoms with Gasteiger partial charge in [-0.3, -0.25) is 15.6 Å². The number of amides is 1. The Morgan fingerprint density at radius 3 is 3.05 bits per heavy atom. The smallest absolute Gasteiger partial charge is 0.272 e. The summed E-state index contributed by atoms with van der Waals surface area (Å²) in [5, 5.41) is 0. The summed E-state index contributed by atoms with van der Waals surface area (Å²) in [6.45, 7) is 4.75. The first-order valence-corrected chi connectivity index (χ1v) is 6.54. The van der Waals surface area contributed by atoms with Crippen LogP contribution in [-0.4, -0.2) is 53.4 Å². The lowest BCUT2D eigenvalue weighted by molar-refractivity contribution is 0.0690. The molecular weight excluding hydrogens is 242 g/mol. The standard InChI is InChI=1S/C13H21N5O/c1-10-9-17(2)6-3-7-18(10)13(19)12-8-11(16-14)4-5-15-12/h4-5,8,10H,3,6-7,9,14H2,1-2H3,(H,15,16). The summed E-state index contributed by atoms with van der Waals surface area (Å²) in [5.41, 5.74) is 3.67. The van der Waals surface area contributed by atoms with Gasteiger partial charge < -0.3 is 15.2 Å². The van der Waals surface area contributed by atoms with Crippen LogP contribution in [0, 0.1) is 0 Å². The molecule has 6 heteroatoms. The topological polar surface area (TPSA) is 74.5 Å². The summed E-state index contributed by atoms with van der Waals surface area (Å²) in [6, 6.07) is 3.61. The third kappa shape index (κ3) is 3.21. The molecule has 1 amide bonds. The van der Waals surface area contributed by atoms with Gasteiger partial charge in [0.25, 0.3) is 5.91 Å². The van der Waals surface area contributed by atoms with Gasteiger partial charge in [-0.15, -0.1) is 0 Å². The van der Waals surface area contributed by atoms with Crippen molar-refractivity contribution in [3.8, 4) is 0 Å². The fourth-order valence-corrected chi connectivity index (χ4v) is 2.46. The lowest BCUT2D eigenvalue weighted by atomic mass is 10.2. The predicted octanol–water partition coefficient (Wildman–Crippen LogP) is 0.533. The number of anilines is 1. The number of aromatic nitrogens is 1. The van der Waals surface area contributed by atoms with Gasteiger partial charge in [-0.1, -0.05) is 0 Å². The number of carbonyl (C=O) groups excluding carboxylic acids is 1. The molecule has 104 valence electrons. The van der Waals surface area contributed by atoms with Crippen LogP contribution in [0.3, 0.4) is 0 Å². The van der Waals surface area contributed by atoms with E-state index in [9.17, 15) is 4.79 Å². The van der Waals surface area contributed by atoms with Gasteiger partial charge in [0, 0.05) is 25.3 Å². The molecule has 2 heterocycles. The van der Waals surface area contributed by atoms with Crippen LogP contribution in [0.5, 0.6) is 0 Å². The van der Waals surface area contributed by atoms with Gasteiger partial charge in [0.15, 0.2) is 0 Å². The highest BCUT2D eigenvalue weighted by Crippen LogP contribution is 2.14. The Labute approximate surface area is 113 Å². The van der Waals surface area contributed by atoms with Gasteiger partial charge in [-0.2, -0.15) is 0 Å². The number of likely N-dealkylation sites (N-methyl/N-ethyl adjacent to an activating group) is 1. The van der Waals surface area contributed by atoms with Crippen LogP contribution in [0.2, 0.25) is 0 Å². The van der Waals surface area contributed by atoms with Crippen LogP contribution in [0.1, 0.15) is 23.8 Å². The molecule has 1 aromatic rings. The van der Waals surface area contributed by atoms with Crippen LogP contribution in [0.15, 0.2) is 18.3 Å². The Morgan fingerprint density at radius 1 is 1.53 bits per heavy atom. The Morgan fingerprint density at radius 2 is 2.32 bits per heavy atom. The summed E-state index contributed by atoms with van der Waals surface area (Å²) in [5.74, 6) is 5.33. The molecule has 0 radical (unpaired) electrons. The van der Waals surface area contributed by atoms with E-state index < -0.39 is 0 Å². The lowest BCUT2D eigenvalue weighted by Crippen LogP contribution is -2.42. The van der Waals surface area contributed by atoms with Crippen LogP contribution in [0.4, 0.5) is 5.69 Å². The maximum Gasteiger partial charge on any atom is 0.272 e. The summed E-state index contributed by atoms with van der Waals surface area (Å²) in [7, 11) is 2.09. The molecule has 1 aliphatic rings. The molecule has 1 aliphatic heterocycles. The van der Waals surface area contributed by atoms with E-state index in [2.05, 4.69) is 29.3 Å². The number of carbonyl (C=O) groups is 1. The van der Waals surface area contributed by atoms with Crippen LogP contribution in [0.25, 0.3) is 0 Å². The fourth-order valence-electron chi connectivity index (χ4n) is 2.46. The van der Waals surface area contributed by atoms with Crippen molar-refractivity contribution in [2.75, 3.05) is 32.1 Å².